The van der Waals surface area contributed by atoms with Crippen LogP contribution in [0.4, 0.5) is 0 Å². The normalized spacial score (nSPS) is 11.2. The van der Waals surface area contributed by atoms with Gasteiger partial charge in [-0.2, -0.15) is 0 Å². The van der Waals surface area contributed by atoms with E-state index in [0.29, 0.717) is 0 Å². The van der Waals surface area contributed by atoms with E-state index in [1.54, 1.807) is 12.4 Å². The molecule has 82 valence electrons. The van der Waals surface area contributed by atoms with Gasteiger partial charge in [-0.3, -0.25) is 0 Å². The highest BCUT2D eigenvalue weighted by molar-refractivity contribution is 5.84. The SMILES string of the molecule is COC(=O)c1ncc(CC(C)(C)C)cn1. The fourth-order valence-electron chi connectivity index (χ4n) is 1.26. The Labute approximate surface area is 89.7 Å². The van der Waals surface area contributed by atoms with Crippen LogP contribution in [0.3, 0.4) is 0 Å². The Kier molecular flexibility index (Phi) is 3.39. The van der Waals surface area contributed by atoms with Crippen molar-refractivity contribution in [1.82, 2.24) is 9.97 Å². The predicted octanol–water partition coefficient (Wildman–Crippen LogP) is 1.85. The van der Waals surface area contributed by atoms with Gasteiger partial charge in [0.2, 0.25) is 5.82 Å². The van der Waals surface area contributed by atoms with Crippen LogP contribution in [-0.4, -0.2) is 23.0 Å². The molecule has 1 heterocycles. The summed E-state index contributed by atoms with van der Waals surface area (Å²) in [5.41, 5.74) is 1.21. The highest BCUT2D eigenvalue weighted by Gasteiger charge is 2.13. The number of hydrogen-bond donors (Lipinski definition) is 0. The number of esters is 1. The zero-order valence-electron chi connectivity index (χ0n) is 9.57. The van der Waals surface area contributed by atoms with Gasteiger partial charge in [0.05, 0.1) is 7.11 Å². The molecule has 0 saturated carbocycles. The maximum atomic E-state index is 11.1. The summed E-state index contributed by atoms with van der Waals surface area (Å²) in [5.74, 6) is -0.396. The van der Waals surface area contributed by atoms with Crippen molar-refractivity contribution in [3.05, 3.63) is 23.8 Å². The molecule has 0 N–H and O–H groups in total. The van der Waals surface area contributed by atoms with Crippen LogP contribution < -0.4 is 0 Å². The summed E-state index contributed by atoms with van der Waals surface area (Å²) in [6.45, 7) is 6.42. The van der Waals surface area contributed by atoms with Gasteiger partial charge in [-0.15, -0.1) is 0 Å². The van der Waals surface area contributed by atoms with Gasteiger partial charge in [-0.25, -0.2) is 14.8 Å². The highest BCUT2D eigenvalue weighted by atomic mass is 16.5. The number of hydrogen-bond acceptors (Lipinski definition) is 4. The Morgan fingerprint density at radius 2 is 1.87 bits per heavy atom. The van der Waals surface area contributed by atoms with E-state index in [2.05, 4.69) is 35.5 Å². The molecule has 0 unspecified atom stereocenters. The molecule has 0 saturated heterocycles. The van der Waals surface area contributed by atoms with Gasteiger partial charge in [0.15, 0.2) is 0 Å². The van der Waals surface area contributed by atoms with Gasteiger partial charge in [0.1, 0.15) is 0 Å². The van der Waals surface area contributed by atoms with Crippen LogP contribution in [0.5, 0.6) is 0 Å². The third-order valence-corrected chi connectivity index (χ3v) is 1.81. The third-order valence-electron chi connectivity index (χ3n) is 1.81. The average molecular weight is 208 g/mol. The van der Waals surface area contributed by atoms with Crippen LogP contribution in [0.15, 0.2) is 12.4 Å². The standard InChI is InChI=1S/C11H16N2O2/c1-11(2,3)5-8-6-12-9(13-7-8)10(14)15-4/h6-7H,5H2,1-4H3. The maximum absolute atomic E-state index is 11.1. The summed E-state index contributed by atoms with van der Waals surface area (Å²) in [7, 11) is 1.31. The van der Waals surface area contributed by atoms with Crippen molar-refractivity contribution >= 4 is 5.97 Å². The number of methoxy groups -OCH3 is 1. The molecule has 15 heavy (non-hydrogen) atoms. The second-order valence-corrected chi connectivity index (χ2v) is 4.64. The molecule has 1 rings (SSSR count). The molecule has 4 heteroatoms. The lowest BCUT2D eigenvalue weighted by molar-refractivity contribution is 0.0586. The molecule has 0 spiro atoms. The summed E-state index contributed by atoms with van der Waals surface area (Å²) >= 11 is 0. The summed E-state index contributed by atoms with van der Waals surface area (Å²) < 4.78 is 4.51. The first-order valence-corrected chi connectivity index (χ1v) is 4.81. The number of carbonyl (C=O) groups excluding carboxylic acids is 1. The fourth-order valence-corrected chi connectivity index (χ4v) is 1.26. The molecule has 0 fully saturated rings. The van der Waals surface area contributed by atoms with Gasteiger partial charge < -0.3 is 4.74 Å². The average Bonchev–Trinajstić information content (AvgIpc) is 2.15. The maximum Gasteiger partial charge on any atom is 0.376 e. The van der Waals surface area contributed by atoms with E-state index in [4.69, 9.17) is 0 Å². The lowest BCUT2D eigenvalue weighted by Crippen LogP contribution is -2.12. The molecule has 0 amide bonds. The number of rotatable bonds is 2. The second-order valence-electron chi connectivity index (χ2n) is 4.64. The summed E-state index contributed by atoms with van der Waals surface area (Å²) in [5, 5.41) is 0. The van der Waals surface area contributed by atoms with E-state index >= 15 is 0 Å². The number of aromatic nitrogens is 2. The van der Waals surface area contributed by atoms with Crippen molar-refractivity contribution in [3.8, 4) is 0 Å². The molecule has 1 aromatic rings. The molecule has 0 aliphatic heterocycles. The highest BCUT2D eigenvalue weighted by Crippen LogP contribution is 2.19. The molecule has 0 aliphatic rings. The molecule has 0 aromatic carbocycles. The van der Waals surface area contributed by atoms with E-state index in [9.17, 15) is 4.79 Å². The molecule has 0 atom stereocenters. The smallest absolute Gasteiger partial charge is 0.376 e. The van der Waals surface area contributed by atoms with Crippen LogP contribution in [0, 0.1) is 5.41 Å². The lowest BCUT2D eigenvalue weighted by atomic mass is 9.89. The van der Waals surface area contributed by atoms with Gasteiger partial charge >= 0.3 is 5.97 Å². The summed E-state index contributed by atoms with van der Waals surface area (Å²) in [6.07, 6.45) is 4.23. The van der Waals surface area contributed by atoms with E-state index in [1.807, 2.05) is 0 Å². The molecular weight excluding hydrogens is 192 g/mol. The largest absolute Gasteiger partial charge is 0.463 e. The van der Waals surface area contributed by atoms with Crippen LogP contribution >= 0.6 is 0 Å². The Balaban J connectivity index is 2.77. The van der Waals surface area contributed by atoms with Gasteiger partial charge in [-0.05, 0) is 17.4 Å². The Morgan fingerprint density at radius 1 is 1.33 bits per heavy atom. The Bertz CT molecular complexity index is 339. The topological polar surface area (TPSA) is 52.1 Å². The second kappa shape index (κ2) is 4.38. The van der Waals surface area contributed by atoms with Crippen molar-refractivity contribution in [2.24, 2.45) is 5.41 Å². The van der Waals surface area contributed by atoms with Crippen molar-refractivity contribution in [1.29, 1.82) is 0 Å². The number of carbonyl (C=O) groups is 1. The summed E-state index contributed by atoms with van der Waals surface area (Å²) in [4.78, 5) is 19.0. The number of ether oxygens (including phenoxy) is 1. The monoisotopic (exact) mass is 208 g/mol. The minimum Gasteiger partial charge on any atom is -0.463 e. The summed E-state index contributed by atoms with van der Waals surface area (Å²) in [6, 6.07) is 0. The molecule has 1 aromatic heterocycles. The molecule has 0 aliphatic carbocycles. The van der Waals surface area contributed by atoms with E-state index in [-0.39, 0.29) is 11.2 Å². The predicted molar refractivity (Wildman–Crippen MR) is 56.5 cm³/mol. The number of nitrogens with zero attached hydrogens (tertiary/aromatic N) is 2. The quantitative estimate of drug-likeness (QED) is 0.696. The molecule has 4 nitrogen and oxygen atoms in total. The van der Waals surface area contributed by atoms with E-state index in [1.165, 1.54) is 7.11 Å². The first-order valence-electron chi connectivity index (χ1n) is 4.81. The molecule has 0 radical (unpaired) electrons. The molecular formula is C11H16N2O2. The van der Waals surface area contributed by atoms with E-state index in [0.717, 1.165) is 12.0 Å². The zero-order chi connectivity index (χ0) is 11.5. The van der Waals surface area contributed by atoms with Gasteiger partial charge in [0.25, 0.3) is 0 Å². The van der Waals surface area contributed by atoms with Crippen molar-refractivity contribution in [2.75, 3.05) is 7.11 Å². The Hall–Kier alpha value is -1.45. The minimum atomic E-state index is -0.502. The van der Waals surface area contributed by atoms with Crippen molar-refractivity contribution in [3.63, 3.8) is 0 Å². The molecule has 0 bridgehead atoms. The zero-order valence-corrected chi connectivity index (χ0v) is 9.57. The third kappa shape index (κ3) is 3.65. The van der Waals surface area contributed by atoms with Crippen LogP contribution in [0.1, 0.15) is 37.0 Å². The Morgan fingerprint density at radius 3 is 2.27 bits per heavy atom. The van der Waals surface area contributed by atoms with Gasteiger partial charge in [0, 0.05) is 12.4 Å². The van der Waals surface area contributed by atoms with Crippen LogP contribution in [0.2, 0.25) is 0 Å². The minimum absolute atomic E-state index is 0.107. The van der Waals surface area contributed by atoms with E-state index < -0.39 is 5.97 Å². The fraction of sp³-hybridized carbons (Fsp3) is 0.545. The van der Waals surface area contributed by atoms with Crippen LogP contribution in [-0.2, 0) is 11.2 Å². The van der Waals surface area contributed by atoms with Crippen LogP contribution in [0.25, 0.3) is 0 Å². The lowest BCUT2D eigenvalue weighted by Gasteiger charge is -2.17. The first-order chi connectivity index (χ1) is 6.92. The van der Waals surface area contributed by atoms with Crippen molar-refractivity contribution < 1.29 is 9.53 Å². The van der Waals surface area contributed by atoms with Gasteiger partial charge in [-0.1, -0.05) is 20.8 Å². The first kappa shape index (κ1) is 11.6. The van der Waals surface area contributed by atoms with Crippen molar-refractivity contribution in [2.45, 2.75) is 27.2 Å².